The summed E-state index contributed by atoms with van der Waals surface area (Å²) in [5.41, 5.74) is 7.07. The van der Waals surface area contributed by atoms with Gasteiger partial charge in [-0.15, -0.1) is 0 Å². The van der Waals surface area contributed by atoms with Crippen molar-refractivity contribution < 1.29 is 65.0 Å². The number of hydrogen-bond acceptors (Lipinski definition) is 18. The first-order chi connectivity index (χ1) is 41.3. The molecule has 5 heterocycles. The molecule has 0 aromatic carbocycles. The zero-order chi connectivity index (χ0) is 62.2. The number of rotatable bonds is 15. The van der Waals surface area contributed by atoms with Gasteiger partial charge in [-0.05, 0) is 121 Å². The molecule has 24 heteroatoms. The number of nitrogens with two attached hydrogens (primary N) is 2. The summed E-state index contributed by atoms with van der Waals surface area (Å²) in [5.74, 6) is -5.02. The number of fused-ring (bicyclic) bond motifs is 13. The highest BCUT2D eigenvalue weighted by Crippen LogP contribution is 2.80. The summed E-state index contributed by atoms with van der Waals surface area (Å²) in [7, 11) is 1.57. The predicted molar refractivity (Wildman–Crippen MR) is 318 cm³/mol. The molecule has 10 aliphatic rings. The monoisotopic (exact) mass is 1220 g/mol. The Labute approximate surface area is 508 Å². The van der Waals surface area contributed by atoms with Crippen molar-refractivity contribution in [1.82, 2.24) is 35.9 Å². The number of nitrogens with one attached hydrogen (secondary N) is 6. The van der Waals surface area contributed by atoms with Gasteiger partial charge in [0.15, 0.2) is 12.2 Å². The minimum Gasteiger partial charge on any atom is -0.481 e. The maximum Gasteiger partial charge on any atom is 0.310 e. The Balaban J connectivity index is 1.06. The smallest absolute Gasteiger partial charge is 0.310 e. The Morgan fingerprint density at radius 2 is 1.70 bits per heavy atom. The zero-order valence-corrected chi connectivity index (χ0v) is 51.2. The van der Waals surface area contributed by atoms with Crippen LogP contribution in [0.5, 0.6) is 0 Å². The van der Waals surface area contributed by atoms with Crippen molar-refractivity contribution in [1.29, 1.82) is 0 Å². The second-order valence-electron chi connectivity index (χ2n) is 29.6. The van der Waals surface area contributed by atoms with E-state index in [0.29, 0.717) is 88.9 Å². The van der Waals surface area contributed by atoms with Gasteiger partial charge in [0.1, 0.15) is 30.4 Å². The van der Waals surface area contributed by atoms with Crippen LogP contribution < -0.4 is 32.7 Å². The van der Waals surface area contributed by atoms with Gasteiger partial charge in [-0.25, -0.2) is 9.97 Å². The maximum absolute atomic E-state index is 15.6. The fourth-order valence-electron chi connectivity index (χ4n) is 21.9. The topological polar surface area (TPSA) is 405 Å². The van der Waals surface area contributed by atoms with Crippen molar-refractivity contribution in [2.24, 2.45) is 108 Å². The summed E-state index contributed by atoms with van der Waals surface area (Å²) in [6.45, 7) is 11.3. The van der Waals surface area contributed by atoms with Crippen LogP contribution in [0, 0.1) is 91.2 Å². The van der Waals surface area contributed by atoms with Gasteiger partial charge in [0.05, 0.1) is 72.2 Å². The molecule has 25 atom stereocenters. The maximum atomic E-state index is 15.6. The molecule has 7 fully saturated rings. The largest absolute Gasteiger partial charge is 0.481 e. The van der Waals surface area contributed by atoms with Gasteiger partial charge in [0, 0.05) is 69.0 Å². The number of carboxylic acid groups (broad SMARTS) is 1. The number of anilines is 1. The number of amides is 1. The van der Waals surface area contributed by atoms with Crippen LogP contribution in [0.3, 0.4) is 0 Å². The number of allylic oxidation sites excluding steroid dienone is 3. The van der Waals surface area contributed by atoms with Gasteiger partial charge in [-0.3, -0.25) is 14.6 Å². The minimum absolute atomic E-state index is 0.0514. The molecule has 1 amide bonds. The quantitative estimate of drug-likeness (QED) is 0.0290. The number of guanidine groups is 1. The number of aliphatic carboxylic acids is 1. The summed E-state index contributed by atoms with van der Waals surface area (Å²) in [5, 5.41) is 121. The van der Waals surface area contributed by atoms with Crippen molar-refractivity contribution in [3.05, 3.63) is 54.0 Å². The summed E-state index contributed by atoms with van der Waals surface area (Å²) >= 11 is 0. The first-order valence-corrected chi connectivity index (χ1v) is 32.0. The molecule has 1 spiro atoms. The third kappa shape index (κ3) is 8.81. The lowest BCUT2D eigenvalue weighted by Gasteiger charge is -2.76. The van der Waals surface area contributed by atoms with E-state index in [9.17, 15) is 50.8 Å². The molecule has 12 rings (SSSR count). The summed E-state index contributed by atoms with van der Waals surface area (Å²) in [6, 6.07) is -0.889. The van der Waals surface area contributed by atoms with E-state index in [1.807, 2.05) is 13.0 Å². The second-order valence-corrected chi connectivity index (χ2v) is 29.6. The average Bonchev–Trinajstić information content (AvgIpc) is 0.806. The average molecular weight is 1220 g/mol. The van der Waals surface area contributed by atoms with Gasteiger partial charge >= 0.3 is 5.97 Å². The molecule has 2 saturated heterocycles. The van der Waals surface area contributed by atoms with Gasteiger partial charge < -0.3 is 98.1 Å². The zero-order valence-electron chi connectivity index (χ0n) is 51.2. The van der Waals surface area contributed by atoms with Crippen LogP contribution in [-0.4, -0.2) is 192 Å². The summed E-state index contributed by atoms with van der Waals surface area (Å²) in [4.78, 5) is 50.1. The number of aliphatic imine (C=N–C) groups is 1. The third-order valence-corrected chi connectivity index (χ3v) is 26.3. The third-order valence-electron chi connectivity index (χ3n) is 26.3. The molecule has 482 valence electrons. The van der Waals surface area contributed by atoms with Crippen molar-refractivity contribution in [3.63, 3.8) is 0 Å². The molecule has 2 aromatic rings. The van der Waals surface area contributed by atoms with Crippen LogP contribution in [0.15, 0.2) is 47.6 Å². The molecule has 24 nitrogen and oxygen atoms in total. The number of aliphatic hydroxyl groups excluding tert-OH is 8. The van der Waals surface area contributed by atoms with E-state index in [4.69, 9.17) is 25.9 Å². The fourth-order valence-corrected chi connectivity index (χ4v) is 21.9. The molecule has 0 bridgehead atoms. The van der Waals surface area contributed by atoms with E-state index < -0.39 is 147 Å². The minimum atomic E-state index is -1.73. The van der Waals surface area contributed by atoms with Crippen LogP contribution in [0.4, 0.5) is 5.82 Å². The Morgan fingerprint density at radius 3 is 2.38 bits per heavy atom. The van der Waals surface area contributed by atoms with E-state index in [1.165, 1.54) is 6.33 Å². The Hall–Kier alpha value is -4.57. The lowest BCUT2D eigenvalue weighted by atomic mass is 9.28. The SMILES string of the molecule is CN=C(N)NCCNC[C@H]([C@@H](N)O)[C@H](O)[C@@]1(c2cnc[nH]2)C=C[C@@H]([C@@H]2[C@@H](O)[C@@H](O[C@@H]3OC[C@@H](O)[C@H](O)[C@H]3O)[C@@](C)(CO)[C@H]3CC[C@]4(C)[C@H](CC=C5[C@@H]6C[C@@](C)(CO)CC[C@]6(C(=O)O)[C@H]6CNc7nc[nH]c7C[C@@H]6[C@]54C)[C@@]23C)[C@H]2[C@H]1NC(=O)C21CCCC1. The highest BCUT2D eigenvalue weighted by Gasteiger charge is 2.79. The Morgan fingerprint density at radius 1 is 0.943 bits per heavy atom. The van der Waals surface area contributed by atoms with Gasteiger partial charge in [0.2, 0.25) is 5.91 Å². The number of aromatic nitrogens is 4. The molecule has 0 unspecified atom stereocenters. The number of aromatic amines is 2. The predicted octanol–water partition coefficient (Wildman–Crippen LogP) is 0.582. The molecule has 3 aliphatic heterocycles. The number of carbonyl (C=O) groups excluding carboxylic acids is 1. The standard InChI is InChI=1S/C63H97N11O13/c1-56(27-75)17-18-62(54(84)85)35(22-56)33-9-10-40-58(3,60(33,5)34-21-37-51(73-30-71-37)70-24-36(34)62)15-12-39-57(2,28-76)49(87-52-46(80)44(78)38(77)26-86-52)45(79)42(59(39,40)4)31-11-16-63(41-25-68-29-72-41,47-43(31)61(53(83)74-47)13-7-8-14-61)48(81)32(50(64)82)23-67-19-20-69-55(65)66-6/h9,11,16,25,29-32,34-36,38-40,42-50,52,67,70,75-82H,7-8,10,12-15,17-24,26-28,64H2,1-6H3,(H,68,72)(H,71,73)(H,74,83)(H,84,85)(H3,65,66,69)/t31-,32-,34-,35-,36-,38+,39+,40-,42+,43-,44-,45+,46+,47+,48-,49+,50-,52-,56-,57-,58+,59-,60-,62+,63+/m0/s1. The van der Waals surface area contributed by atoms with Gasteiger partial charge in [-0.1, -0.05) is 71.3 Å². The number of nitrogens with zero attached hydrogens (tertiary/aromatic N) is 3. The lowest BCUT2D eigenvalue weighted by molar-refractivity contribution is -0.344. The molecule has 7 aliphatic carbocycles. The van der Waals surface area contributed by atoms with Gasteiger partial charge in [-0.2, -0.15) is 0 Å². The van der Waals surface area contributed by atoms with Gasteiger partial charge in [0.25, 0.3) is 0 Å². The molecule has 5 saturated carbocycles. The molecule has 0 radical (unpaired) electrons. The molecule has 19 N–H and O–H groups in total. The van der Waals surface area contributed by atoms with E-state index >= 15 is 4.79 Å². The first-order valence-electron chi connectivity index (χ1n) is 32.0. The van der Waals surface area contributed by atoms with E-state index in [-0.39, 0.29) is 49.4 Å². The van der Waals surface area contributed by atoms with E-state index in [0.717, 1.165) is 24.1 Å². The van der Waals surface area contributed by atoms with Crippen LogP contribution in [-0.2, 0) is 30.9 Å². The number of imidazole rings is 2. The number of carboxylic acids is 1. The number of hydrogen-bond donors (Lipinski definition) is 17. The number of ether oxygens (including phenoxy) is 2. The summed E-state index contributed by atoms with van der Waals surface area (Å²) < 4.78 is 12.9. The fraction of sp³-hybridized carbons (Fsp3) is 0.794. The normalized spacial score (nSPS) is 46.4. The van der Waals surface area contributed by atoms with Crippen molar-refractivity contribution >= 4 is 23.7 Å². The molecule has 87 heavy (non-hydrogen) atoms. The molecular weight excluding hydrogens is 1120 g/mol. The number of H-pyrrole nitrogens is 2. The van der Waals surface area contributed by atoms with Crippen molar-refractivity contribution in [2.45, 2.75) is 166 Å². The summed E-state index contributed by atoms with van der Waals surface area (Å²) in [6.07, 6.45) is 5.18. The Kier molecular flexibility index (Phi) is 16.1. The van der Waals surface area contributed by atoms with E-state index in [2.05, 4.69) is 81.1 Å². The highest BCUT2D eigenvalue weighted by molar-refractivity contribution is 5.87. The highest BCUT2D eigenvalue weighted by atomic mass is 16.7. The second kappa shape index (κ2) is 22.4. The van der Waals surface area contributed by atoms with Crippen molar-refractivity contribution in [2.75, 3.05) is 58.4 Å². The first kappa shape index (κ1) is 62.6. The van der Waals surface area contributed by atoms with Crippen LogP contribution in [0.2, 0.25) is 0 Å². The van der Waals surface area contributed by atoms with Crippen LogP contribution >= 0.6 is 0 Å². The van der Waals surface area contributed by atoms with Crippen LogP contribution in [0.25, 0.3) is 0 Å². The molecule has 2 aromatic heterocycles. The lowest BCUT2D eigenvalue weighted by Crippen LogP contribution is -2.75. The number of carbonyl (C=O) groups is 2. The molecular formula is C63H97N11O13. The van der Waals surface area contributed by atoms with E-state index in [1.54, 1.807) is 19.6 Å². The van der Waals surface area contributed by atoms with Crippen LogP contribution in [0.1, 0.15) is 110 Å². The Bertz CT molecular complexity index is 2980. The van der Waals surface area contributed by atoms with Crippen molar-refractivity contribution in [3.8, 4) is 0 Å². The number of aliphatic hydroxyl groups is 8.